The predicted molar refractivity (Wildman–Crippen MR) is 63.1 cm³/mol. The van der Waals surface area contributed by atoms with Gasteiger partial charge in [0.25, 0.3) is 5.76 Å². The van der Waals surface area contributed by atoms with Crippen molar-refractivity contribution in [2.24, 2.45) is 0 Å². The molecule has 1 aromatic heterocycles. The fourth-order valence-electron chi connectivity index (χ4n) is 1.34. The minimum Gasteiger partial charge on any atom is -0.350 e. The molecule has 0 saturated carbocycles. The van der Waals surface area contributed by atoms with E-state index in [0.717, 1.165) is 11.3 Å². The molecule has 84 valence electrons. The molecule has 2 aromatic rings. The van der Waals surface area contributed by atoms with Gasteiger partial charge < -0.3 is 4.98 Å². The number of rotatable bonds is 3. The zero-order chi connectivity index (χ0) is 11.5. The van der Waals surface area contributed by atoms with Crippen LogP contribution in [0.4, 0.5) is 8.78 Å². The van der Waals surface area contributed by atoms with Gasteiger partial charge in [0.15, 0.2) is 0 Å². The lowest BCUT2D eigenvalue weighted by Gasteiger charge is -1.98. The fourth-order valence-corrected chi connectivity index (χ4v) is 1.97. The van der Waals surface area contributed by atoms with Gasteiger partial charge in [0.05, 0.1) is 5.03 Å². The first-order valence-electron chi connectivity index (χ1n) is 4.55. The molecule has 1 nitrogen and oxygen atoms in total. The number of alkyl halides is 2. The third-order valence-corrected chi connectivity index (χ3v) is 2.95. The smallest absolute Gasteiger partial charge is 0.290 e. The summed E-state index contributed by atoms with van der Waals surface area (Å²) in [6.07, 6.45) is 0. The number of halogens is 3. The molecule has 0 bridgehead atoms. The standard InChI is InChI=1S/C11H8ClF2NS/c12-8-3-1-7(2-4-8)9-5-6-10(15-9)16-11(13)14/h1-6,11,15H. The number of H-pyrrole nitrogens is 1. The van der Waals surface area contributed by atoms with Crippen LogP contribution in [-0.4, -0.2) is 10.7 Å². The highest BCUT2D eigenvalue weighted by molar-refractivity contribution is 7.99. The number of hydrogen-bond acceptors (Lipinski definition) is 1. The van der Waals surface area contributed by atoms with Crippen molar-refractivity contribution >= 4 is 23.4 Å². The Morgan fingerprint density at radius 2 is 1.75 bits per heavy atom. The summed E-state index contributed by atoms with van der Waals surface area (Å²) in [4.78, 5) is 2.92. The molecule has 1 N–H and O–H groups in total. The summed E-state index contributed by atoms with van der Waals surface area (Å²) < 4.78 is 24.2. The van der Waals surface area contributed by atoms with Gasteiger partial charge in [-0.15, -0.1) is 0 Å². The molecule has 0 amide bonds. The molecule has 0 aliphatic carbocycles. The summed E-state index contributed by atoms with van der Waals surface area (Å²) in [6.45, 7) is 0. The van der Waals surface area contributed by atoms with Gasteiger partial charge in [0, 0.05) is 10.7 Å². The fraction of sp³-hybridized carbons (Fsp3) is 0.0909. The van der Waals surface area contributed by atoms with E-state index >= 15 is 0 Å². The normalized spacial score (nSPS) is 11.0. The average Bonchev–Trinajstić information content (AvgIpc) is 2.66. The van der Waals surface area contributed by atoms with E-state index in [1.54, 1.807) is 24.3 Å². The largest absolute Gasteiger partial charge is 0.350 e. The molecule has 0 spiro atoms. The molecule has 0 saturated heterocycles. The Bertz CT molecular complexity index is 467. The minimum absolute atomic E-state index is 0.458. The number of thioether (sulfide) groups is 1. The first-order chi connectivity index (χ1) is 7.65. The van der Waals surface area contributed by atoms with Crippen molar-refractivity contribution < 1.29 is 8.78 Å². The predicted octanol–water partition coefficient (Wildman–Crippen LogP) is 4.65. The maximum absolute atomic E-state index is 12.1. The van der Waals surface area contributed by atoms with Crippen LogP contribution in [0.5, 0.6) is 0 Å². The van der Waals surface area contributed by atoms with E-state index in [0.29, 0.717) is 21.8 Å². The van der Waals surface area contributed by atoms with E-state index in [2.05, 4.69) is 4.98 Å². The van der Waals surface area contributed by atoms with E-state index in [1.807, 2.05) is 12.1 Å². The third kappa shape index (κ3) is 2.77. The number of benzene rings is 1. The Morgan fingerprint density at radius 3 is 2.38 bits per heavy atom. The van der Waals surface area contributed by atoms with Crippen LogP contribution < -0.4 is 0 Å². The summed E-state index contributed by atoms with van der Waals surface area (Å²) in [5, 5.41) is 1.11. The monoisotopic (exact) mass is 259 g/mol. The maximum Gasteiger partial charge on any atom is 0.290 e. The lowest BCUT2D eigenvalue weighted by Crippen LogP contribution is -1.82. The molecule has 0 atom stereocenters. The molecule has 16 heavy (non-hydrogen) atoms. The average molecular weight is 260 g/mol. The van der Waals surface area contributed by atoms with Crippen LogP contribution in [0.15, 0.2) is 41.4 Å². The quantitative estimate of drug-likeness (QED) is 0.794. The Balaban J connectivity index is 2.21. The van der Waals surface area contributed by atoms with Gasteiger partial charge in [-0.1, -0.05) is 23.7 Å². The van der Waals surface area contributed by atoms with Gasteiger partial charge in [-0.3, -0.25) is 0 Å². The molecule has 2 rings (SSSR count). The SMILES string of the molecule is FC(F)Sc1ccc(-c2ccc(Cl)cc2)[nH]1. The van der Waals surface area contributed by atoms with Crippen molar-refractivity contribution in [3.63, 3.8) is 0 Å². The second-order valence-corrected chi connectivity index (χ2v) is 4.59. The molecule has 0 fully saturated rings. The highest BCUT2D eigenvalue weighted by Crippen LogP contribution is 2.28. The Kier molecular flexibility index (Phi) is 3.51. The van der Waals surface area contributed by atoms with Gasteiger partial charge in [-0.05, 0) is 41.6 Å². The van der Waals surface area contributed by atoms with Crippen LogP contribution in [0.1, 0.15) is 0 Å². The second kappa shape index (κ2) is 4.89. The lowest BCUT2D eigenvalue weighted by atomic mass is 10.2. The summed E-state index contributed by atoms with van der Waals surface area (Å²) in [7, 11) is 0. The van der Waals surface area contributed by atoms with E-state index < -0.39 is 5.76 Å². The molecule has 0 aliphatic rings. The second-order valence-electron chi connectivity index (χ2n) is 3.12. The maximum atomic E-state index is 12.1. The van der Waals surface area contributed by atoms with Gasteiger partial charge in [0.2, 0.25) is 0 Å². The molecule has 1 heterocycles. The van der Waals surface area contributed by atoms with Gasteiger partial charge in [-0.2, -0.15) is 8.78 Å². The Hall–Kier alpha value is -1.00. The first-order valence-corrected chi connectivity index (χ1v) is 5.80. The summed E-state index contributed by atoms with van der Waals surface area (Å²) in [6, 6.07) is 10.6. The molecule has 0 unspecified atom stereocenters. The summed E-state index contributed by atoms with van der Waals surface area (Å²) in [5.74, 6) is -2.41. The number of aromatic nitrogens is 1. The van der Waals surface area contributed by atoms with Gasteiger partial charge in [-0.25, -0.2) is 0 Å². The third-order valence-electron chi connectivity index (χ3n) is 2.03. The van der Waals surface area contributed by atoms with Crippen LogP contribution >= 0.6 is 23.4 Å². The Labute approximate surface area is 101 Å². The van der Waals surface area contributed by atoms with Gasteiger partial charge in [0.1, 0.15) is 0 Å². The van der Waals surface area contributed by atoms with Crippen LogP contribution in [0.2, 0.25) is 5.02 Å². The zero-order valence-corrected chi connectivity index (χ0v) is 9.66. The van der Waals surface area contributed by atoms with Crippen LogP contribution in [0.25, 0.3) is 11.3 Å². The van der Waals surface area contributed by atoms with E-state index in [-0.39, 0.29) is 0 Å². The number of aromatic amines is 1. The van der Waals surface area contributed by atoms with E-state index in [4.69, 9.17) is 11.6 Å². The lowest BCUT2D eigenvalue weighted by molar-refractivity contribution is 0.252. The van der Waals surface area contributed by atoms with Crippen molar-refractivity contribution in [3.8, 4) is 11.3 Å². The van der Waals surface area contributed by atoms with Crippen LogP contribution in [-0.2, 0) is 0 Å². The van der Waals surface area contributed by atoms with Crippen molar-refractivity contribution in [2.75, 3.05) is 0 Å². The topological polar surface area (TPSA) is 15.8 Å². The van der Waals surface area contributed by atoms with E-state index in [9.17, 15) is 8.78 Å². The minimum atomic E-state index is -2.41. The molecule has 0 aliphatic heterocycles. The molecular formula is C11H8ClF2NS. The summed E-state index contributed by atoms with van der Waals surface area (Å²) in [5.41, 5.74) is 1.73. The highest BCUT2D eigenvalue weighted by Gasteiger charge is 2.08. The zero-order valence-electron chi connectivity index (χ0n) is 8.08. The summed E-state index contributed by atoms with van der Waals surface area (Å²) >= 11 is 6.26. The first kappa shape index (κ1) is 11.5. The number of hydrogen-bond donors (Lipinski definition) is 1. The van der Waals surface area contributed by atoms with Crippen molar-refractivity contribution in [1.82, 2.24) is 4.98 Å². The molecule has 0 radical (unpaired) electrons. The van der Waals surface area contributed by atoms with Crippen molar-refractivity contribution in [1.29, 1.82) is 0 Å². The molecule has 5 heteroatoms. The number of nitrogens with one attached hydrogen (secondary N) is 1. The van der Waals surface area contributed by atoms with Crippen LogP contribution in [0, 0.1) is 0 Å². The van der Waals surface area contributed by atoms with Gasteiger partial charge >= 0.3 is 0 Å². The van der Waals surface area contributed by atoms with E-state index in [1.165, 1.54) is 0 Å². The molecule has 1 aromatic carbocycles. The van der Waals surface area contributed by atoms with Crippen molar-refractivity contribution in [2.45, 2.75) is 10.8 Å². The highest BCUT2D eigenvalue weighted by atomic mass is 35.5. The van der Waals surface area contributed by atoms with Crippen molar-refractivity contribution in [3.05, 3.63) is 41.4 Å². The Morgan fingerprint density at radius 1 is 1.06 bits per heavy atom. The molecular weight excluding hydrogens is 252 g/mol. The van der Waals surface area contributed by atoms with Crippen LogP contribution in [0.3, 0.4) is 0 Å².